The van der Waals surface area contributed by atoms with E-state index in [-0.39, 0.29) is 12.5 Å². The van der Waals surface area contributed by atoms with Crippen molar-refractivity contribution in [3.63, 3.8) is 0 Å². The van der Waals surface area contributed by atoms with Crippen LogP contribution in [-0.4, -0.2) is 18.5 Å². The molecule has 5 heteroatoms. The van der Waals surface area contributed by atoms with Crippen LogP contribution in [0.5, 0.6) is 0 Å². The Labute approximate surface area is 146 Å². The van der Waals surface area contributed by atoms with Crippen LogP contribution in [-0.2, 0) is 17.9 Å². The fraction of sp³-hybridized carbons (Fsp3) is 0.200. The lowest BCUT2D eigenvalue weighted by molar-refractivity contribution is 0.0965. The SMILES string of the molecule is O=C(NCCC#Cc1cccc2c1CNC2=O)OCc1ccccc1. The maximum Gasteiger partial charge on any atom is 0.407 e. The molecule has 0 spiro atoms. The number of fused-ring (bicyclic) bond motifs is 1. The van der Waals surface area contributed by atoms with Crippen LogP contribution in [0.1, 0.15) is 33.5 Å². The fourth-order valence-corrected chi connectivity index (χ4v) is 2.53. The van der Waals surface area contributed by atoms with E-state index in [2.05, 4.69) is 22.5 Å². The molecule has 0 atom stereocenters. The maximum absolute atomic E-state index is 11.6. The van der Waals surface area contributed by atoms with Gasteiger partial charge in [0.1, 0.15) is 6.61 Å². The van der Waals surface area contributed by atoms with Crippen molar-refractivity contribution in [2.45, 2.75) is 19.6 Å². The van der Waals surface area contributed by atoms with E-state index in [4.69, 9.17) is 4.74 Å². The molecule has 0 aromatic heterocycles. The number of alkyl carbamates (subject to hydrolysis) is 1. The van der Waals surface area contributed by atoms with Crippen molar-refractivity contribution in [3.8, 4) is 11.8 Å². The molecule has 1 aliphatic rings. The van der Waals surface area contributed by atoms with Gasteiger partial charge in [-0.05, 0) is 23.3 Å². The van der Waals surface area contributed by atoms with Crippen LogP contribution < -0.4 is 10.6 Å². The van der Waals surface area contributed by atoms with E-state index in [0.717, 1.165) is 16.7 Å². The number of hydrogen-bond acceptors (Lipinski definition) is 3. The van der Waals surface area contributed by atoms with E-state index in [1.807, 2.05) is 42.5 Å². The van der Waals surface area contributed by atoms with Crippen LogP contribution in [0.25, 0.3) is 0 Å². The summed E-state index contributed by atoms with van der Waals surface area (Å²) in [7, 11) is 0. The normalized spacial score (nSPS) is 11.8. The second kappa shape index (κ2) is 8.02. The van der Waals surface area contributed by atoms with Gasteiger partial charge in [-0.1, -0.05) is 48.2 Å². The zero-order chi connectivity index (χ0) is 17.5. The highest BCUT2D eigenvalue weighted by molar-refractivity contribution is 5.98. The van der Waals surface area contributed by atoms with Gasteiger partial charge < -0.3 is 15.4 Å². The number of carbonyl (C=O) groups excluding carboxylic acids is 2. The molecule has 126 valence electrons. The molecule has 0 saturated carbocycles. The number of benzene rings is 2. The van der Waals surface area contributed by atoms with Gasteiger partial charge in [0.05, 0.1) is 0 Å². The zero-order valence-corrected chi connectivity index (χ0v) is 13.7. The summed E-state index contributed by atoms with van der Waals surface area (Å²) in [5, 5.41) is 5.46. The quantitative estimate of drug-likeness (QED) is 0.667. The molecule has 2 aromatic carbocycles. The zero-order valence-electron chi connectivity index (χ0n) is 13.7. The molecule has 1 aliphatic heterocycles. The third kappa shape index (κ3) is 4.39. The van der Waals surface area contributed by atoms with E-state index >= 15 is 0 Å². The minimum Gasteiger partial charge on any atom is -0.445 e. The molecular formula is C20H18N2O3. The highest BCUT2D eigenvalue weighted by atomic mass is 16.5. The molecule has 2 amide bonds. The van der Waals surface area contributed by atoms with Crippen LogP contribution in [0.4, 0.5) is 4.79 Å². The van der Waals surface area contributed by atoms with Crippen LogP contribution in [0.15, 0.2) is 48.5 Å². The Hall–Kier alpha value is -3.26. The van der Waals surface area contributed by atoms with Gasteiger partial charge in [0, 0.05) is 30.6 Å². The third-order valence-corrected chi connectivity index (χ3v) is 3.80. The van der Waals surface area contributed by atoms with Gasteiger partial charge in [-0.2, -0.15) is 0 Å². The summed E-state index contributed by atoms with van der Waals surface area (Å²) in [5.74, 6) is 6.02. The first kappa shape index (κ1) is 16.6. The van der Waals surface area contributed by atoms with Crippen molar-refractivity contribution < 1.29 is 14.3 Å². The summed E-state index contributed by atoms with van der Waals surface area (Å²) in [6.07, 6.45) is 0.0481. The highest BCUT2D eigenvalue weighted by Crippen LogP contribution is 2.18. The molecule has 0 bridgehead atoms. The van der Waals surface area contributed by atoms with Gasteiger partial charge in [-0.15, -0.1) is 0 Å². The van der Waals surface area contributed by atoms with Crippen molar-refractivity contribution in [1.82, 2.24) is 10.6 Å². The Morgan fingerprint density at radius 1 is 1.16 bits per heavy atom. The fourth-order valence-electron chi connectivity index (χ4n) is 2.53. The van der Waals surface area contributed by atoms with Crippen molar-refractivity contribution in [2.24, 2.45) is 0 Å². The lowest BCUT2D eigenvalue weighted by atomic mass is 10.0. The Balaban J connectivity index is 1.43. The van der Waals surface area contributed by atoms with E-state index in [0.29, 0.717) is 25.1 Å². The number of hydrogen-bond donors (Lipinski definition) is 2. The van der Waals surface area contributed by atoms with Gasteiger partial charge in [-0.25, -0.2) is 4.79 Å². The Morgan fingerprint density at radius 2 is 2.00 bits per heavy atom. The highest BCUT2D eigenvalue weighted by Gasteiger charge is 2.20. The van der Waals surface area contributed by atoms with Crippen LogP contribution in [0, 0.1) is 11.8 Å². The van der Waals surface area contributed by atoms with Gasteiger partial charge in [-0.3, -0.25) is 4.79 Å². The average molecular weight is 334 g/mol. The summed E-state index contributed by atoms with van der Waals surface area (Å²) in [6.45, 7) is 1.17. The number of ether oxygens (including phenoxy) is 1. The van der Waals surface area contributed by atoms with Crippen LogP contribution in [0.3, 0.4) is 0 Å². The number of amides is 2. The van der Waals surface area contributed by atoms with Gasteiger partial charge in [0.2, 0.25) is 0 Å². The summed E-state index contributed by atoms with van der Waals surface area (Å²) < 4.78 is 5.12. The first-order valence-electron chi connectivity index (χ1n) is 8.07. The molecule has 0 fully saturated rings. The number of carbonyl (C=O) groups is 2. The minimum atomic E-state index is -0.457. The monoisotopic (exact) mass is 334 g/mol. The molecule has 0 saturated heterocycles. The average Bonchev–Trinajstić information content (AvgIpc) is 3.02. The van der Waals surface area contributed by atoms with Crippen molar-refractivity contribution >= 4 is 12.0 Å². The topological polar surface area (TPSA) is 67.4 Å². The molecule has 0 unspecified atom stereocenters. The summed E-state index contributed by atoms with van der Waals surface area (Å²) >= 11 is 0. The molecule has 2 aromatic rings. The standard InChI is InChI=1S/C20H18N2O3/c23-19-17-11-6-10-16(18(17)13-22-19)9-4-5-12-21-20(24)25-14-15-7-2-1-3-8-15/h1-3,6-8,10-11H,5,12-14H2,(H,21,24)(H,22,23). The van der Waals surface area contributed by atoms with Gasteiger partial charge in [0.15, 0.2) is 0 Å². The third-order valence-electron chi connectivity index (χ3n) is 3.80. The summed E-state index contributed by atoms with van der Waals surface area (Å²) in [6, 6.07) is 15.0. The molecule has 5 nitrogen and oxygen atoms in total. The first-order valence-corrected chi connectivity index (χ1v) is 8.07. The van der Waals surface area contributed by atoms with Gasteiger partial charge >= 0.3 is 6.09 Å². The largest absolute Gasteiger partial charge is 0.445 e. The Morgan fingerprint density at radius 3 is 2.84 bits per heavy atom. The lowest BCUT2D eigenvalue weighted by Crippen LogP contribution is -2.24. The predicted octanol–water partition coefficient (Wildman–Crippen LogP) is 2.60. The Bertz CT molecular complexity index is 835. The van der Waals surface area contributed by atoms with E-state index < -0.39 is 6.09 Å². The van der Waals surface area contributed by atoms with E-state index in [1.165, 1.54) is 0 Å². The smallest absolute Gasteiger partial charge is 0.407 e. The van der Waals surface area contributed by atoms with E-state index in [1.54, 1.807) is 6.07 Å². The molecule has 25 heavy (non-hydrogen) atoms. The minimum absolute atomic E-state index is 0.0542. The summed E-state index contributed by atoms with van der Waals surface area (Å²) in [4.78, 5) is 23.2. The molecular weight excluding hydrogens is 316 g/mol. The summed E-state index contributed by atoms with van der Waals surface area (Å²) in [5.41, 5.74) is 3.42. The predicted molar refractivity (Wildman–Crippen MR) is 93.7 cm³/mol. The van der Waals surface area contributed by atoms with Crippen molar-refractivity contribution in [3.05, 3.63) is 70.8 Å². The van der Waals surface area contributed by atoms with Gasteiger partial charge in [0.25, 0.3) is 5.91 Å². The molecule has 0 radical (unpaired) electrons. The second-order valence-corrected chi connectivity index (χ2v) is 5.55. The Kier molecular flexibility index (Phi) is 5.32. The van der Waals surface area contributed by atoms with Crippen molar-refractivity contribution in [1.29, 1.82) is 0 Å². The second-order valence-electron chi connectivity index (χ2n) is 5.55. The maximum atomic E-state index is 11.6. The molecule has 2 N–H and O–H groups in total. The van der Waals surface area contributed by atoms with Crippen LogP contribution >= 0.6 is 0 Å². The van der Waals surface area contributed by atoms with Crippen molar-refractivity contribution in [2.75, 3.05) is 6.54 Å². The molecule has 3 rings (SSSR count). The lowest BCUT2D eigenvalue weighted by Gasteiger charge is -2.05. The van der Waals surface area contributed by atoms with Crippen LogP contribution in [0.2, 0.25) is 0 Å². The molecule has 0 aliphatic carbocycles. The molecule has 1 heterocycles. The number of nitrogens with one attached hydrogen (secondary N) is 2. The number of rotatable bonds is 4. The van der Waals surface area contributed by atoms with E-state index in [9.17, 15) is 9.59 Å². The first-order chi connectivity index (χ1) is 12.2.